The molecule has 0 radical (unpaired) electrons. The highest BCUT2D eigenvalue weighted by molar-refractivity contribution is 5.91. The van der Waals surface area contributed by atoms with Crippen molar-refractivity contribution in [2.24, 2.45) is 11.8 Å². The molecule has 0 unspecified atom stereocenters. The molecule has 0 aromatic carbocycles. The predicted octanol–water partition coefficient (Wildman–Crippen LogP) is 1.15. The lowest BCUT2D eigenvalue weighted by Gasteiger charge is -1.94. The number of Topliss-reactive ketones (excluding diaryl/α,β-unsaturated/α-hetero) is 1. The van der Waals surface area contributed by atoms with E-state index in [0.29, 0.717) is 17.6 Å². The van der Waals surface area contributed by atoms with Crippen molar-refractivity contribution in [3.8, 4) is 0 Å². The summed E-state index contributed by atoms with van der Waals surface area (Å²) in [5, 5.41) is 0. The Morgan fingerprint density at radius 1 is 1.25 bits per heavy atom. The van der Waals surface area contributed by atoms with Crippen LogP contribution >= 0.6 is 0 Å². The summed E-state index contributed by atoms with van der Waals surface area (Å²) in [4.78, 5) is 10.9. The second-order valence-electron chi connectivity index (χ2n) is 2.58. The molecule has 0 aromatic rings. The summed E-state index contributed by atoms with van der Waals surface area (Å²) in [5.74, 6) is 1.10. The highest BCUT2D eigenvalue weighted by atomic mass is 16.1. The molecule has 2 rings (SSSR count). The van der Waals surface area contributed by atoms with Crippen LogP contribution in [0.2, 0.25) is 0 Å². The number of carbonyl (C=O) groups is 1. The monoisotopic (exact) mass is 108 g/mol. The number of fused-ring (bicyclic) bond motifs is 2. The van der Waals surface area contributed by atoms with Crippen molar-refractivity contribution < 1.29 is 4.79 Å². The molecule has 1 heteroatoms. The molecule has 2 aliphatic rings. The Balaban J connectivity index is 2.39. The van der Waals surface area contributed by atoms with Crippen LogP contribution in [0.1, 0.15) is 12.8 Å². The zero-order chi connectivity index (χ0) is 5.56. The van der Waals surface area contributed by atoms with Crippen molar-refractivity contribution in [1.82, 2.24) is 0 Å². The number of hydrogen-bond donors (Lipinski definition) is 0. The van der Waals surface area contributed by atoms with Crippen LogP contribution in [-0.4, -0.2) is 5.78 Å². The SMILES string of the molecule is O=C1[C@@H]2C=C[C@@H]1CC2. The average Bonchev–Trinajstić information content (AvgIpc) is 2.29. The normalized spacial score (nSPS) is 41.8. The number of hydrogen-bond acceptors (Lipinski definition) is 1. The van der Waals surface area contributed by atoms with Gasteiger partial charge in [-0.1, -0.05) is 12.2 Å². The minimum absolute atomic E-state index is 0.319. The third kappa shape index (κ3) is 0.347. The fourth-order valence-corrected chi connectivity index (χ4v) is 1.57. The van der Waals surface area contributed by atoms with Gasteiger partial charge >= 0.3 is 0 Å². The lowest BCUT2D eigenvalue weighted by molar-refractivity contribution is -0.120. The van der Waals surface area contributed by atoms with Crippen LogP contribution in [0.4, 0.5) is 0 Å². The van der Waals surface area contributed by atoms with E-state index in [2.05, 4.69) is 12.2 Å². The quantitative estimate of drug-likeness (QED) is 0.425. The van der Waals surface area contributed by atoms with Crippen molar-refractivity contribution in [2.75, 3.05) is 0 Å². The molecular formula is C7H8O. The summed E-state index contributed by atoms with van der Waals surface area (Å²) in [5.41, 5.74) is 0. The maximum absolute atomic E-state index is 10.9. The molecule has 1 nitrogen and oxygen atoms in total. The van der Waals surface area contributed by atoms with E-state index in [1.165, 1.54) is 0 Å². The van der Waals surface area contributed by atoms with Gasteiger partial charge in [0.25, 0.3) is 0 Å². The van der Waals surface area contributed by atoms with Crippen molar-refractivity contribution in [1.29, 1.82) is 0 Å². The minimum Gasteiger partial charge on any atom is -0.298 e. The van der Waals surface area contributed by atoms with Crippen molar-refractivity contribution in [3.63, 3.8) is 0 Å². The first-order valence-corrected chi connectivity index (χ1v) is 3.10. The third-order valence-electron chi connectivity index (χ3n) is 2.10. The summed E-state index contributed by atoms with van der Waals surface area (Å²) in [6.07, 6.45) is 6.33. The summed E-state index contributed by atoms with van der Waals surface area (Å²) >= 11 is 0. The summed E-state index contributed by atoms with van der Waals surface area (Å²) in [6.45, 7) is 0. The van der Waals surface area contributed by atoms with Gasteiger partial charge in [0, 0.05) is 11.8 Å². The molecule has 0 saturated heterocycles. The molecule has 0 N–H and O–H groups in total. The third-order valence-corrected chi connectivity index (χ3v) is 2.10. The van der Waals surface area contributed by atoms with E-state index in [-0.39, 0.29) is 0 Å². The van der Waals surface area contributed by atoms with Gasteiger partial charge in [-0.3, -0.25) is 4.79 Å². The summed E-state index contributed by atoms with van der Waals surface area (Å²) in [7, 11) is 0. The first-order chi connectivity index (χ1) is 3.88. The maximum Gasteiger partial charge on any atom is 0.146 e. The van der Waals surface area contributed by atoms with Gasteiger partial charge in [-0.05, 0) is 12.8 Å². The van der Waals surface area contributed by atoms with Crippen LogP contribution in [0, 0.1) is 11.8 Å². The standard InChI is InChI=1S/C7H8O/c8-7-5-1-2-6(7)4-3-5/h1-2,5-6H,3-4H2/t5-,6-/m1/s1. The molecule has 0 aliphatic heterocycles. The molecule has 2 atom stereocenters. The molecule has 0 amide bonds. The van der Waals surface area contributed by atoms with Crippen molar-refractivity contribution >= 4 is 5.78 Å². The first kappa shape index (κ1) is 4.30. The Labute approximate surface area is 48.4 Å². The molecule has 1 fully saturated rings. The highest BCUT2D eigenvalue weighted by Crippen LogP contribution is 2.34. The van der Waals surface area contributed by atoms with Crippen molar-refractivity contribution in [2.45, 2.75) is 12.8 Å². The topological polar surface area (TPSA) is 17.1 Å². The first-order valence-electron chi connectivity index (χ1n) is 3.10. The summed E-state index contributed by atoms with van der Waals surface area (Å²) in [6, 6.07) is 0. The predicted molar refractivity (Wildman–Crippen MR) is 30.4 cm³/mol. The van der Waals surface area contributed by atoms with Crippen molar-refractivity contribution in [3.05, 3.63) is 12.2 Å². The van der Waals surface area contributed by atoms with Crippen LogP contribution in [0.5, 0.6) is 0 Å². The number of carbonyl (C=O) groups excluding carboxylic acids is 1. The van der Waals surface area contributed by atoms with Gasteiger partial charge in [0.15, 0.2) is 0 Å². The number of ketones is 1. The van der Waals surface area contributed by atoms with Crippen LogP contribution in [-0.2, 0) is 4.79 Å². The molecular weight excluding hydrogens is 100 g/mol. The van der Waals surface area contributed by atoms with E-state index < -0.39 is 0 Å². The fraction of sp³-hybridized carbons (Fsp3) is 0.571. The average molecular weight is 108 g/mol. The Morgan fingerprint density at radius 3 is 1.88 bits per heavy atom. The molecule has 0 aromatic heterocycles. The second kappa shape index (κ2) is 1.22. The van der Waals surface area contributed by atoms with Gasteiger partial charge in [0.1, 0.15) is 5.78 Å². The van der Waals surface area contributed by atoms with Gasteiger partial charge < -0.3 is 0 Å². The molecule has 1 saturated carbocycles. The van der Waals surface area contributed by atoms with E-state index >= 15 is 0 Å². The minimum atomic E-state index is 0.319. The van der Waals surface area contributed by atoms with Gasteiger partial charge in [-0.25, -0.2) is 0 Å². The molecule has 2 bridgehead atoms. The van der Waals surface area contributed by atoms with Crippen LogP contribution in [0.25, 0.3) is 0 Å². The Hall–Kier alpha value is -0.590. The largest absolute Gasteiger partial charge is 0.298 e. The van der Waals surface area contributed by atoms with Crippen LogP contribution in [0.15, 0.2) is 12.2 Å². The van der Waals surface area contributed by atoms with Gasteiger partial charge in [0.2, 0.25) is 0 Å². The highest BCUT2D eigenvalue weighted by Gasteiger charge is 2.35. The van der Waals surface area contributed by atoms with Gasteiger partial charge in [-0.15, -0.1) is 0 Å². The van der Waals surface area contributed by atoms with Crippen LogP contribution in [0.3, 0.4) is 0 Å². The molecule has 0 heterocycles. The smallest absolute Gasteiger partial charge is 0.146 e. The van der Waals surface area contributed by atoms with E-state index in [0.717, 1.165) is 12.8 Å². The lowest BCUT2D eigenvalue weighted by atomic mass is 10.1. The Bertz CT molecular complexity index is 142. The fourth-order valence-electron chi connectivity index (χ4n) is 1.57. The Morgan fingerprint density at radius 2 is 1.75 bits per heavy atom. The zero-order valence-corrected chi connectivity index (χ0v) is 4.63. The molecule has 0 spiro atoms. The Kier molecular flexibility index (Phi) is 0.655. The van der Waals surface area contributed by atoms with E-state index in [4.69, 9.17) is 0 Å². The maximum atomic E-state index is 10.9. The summed E-state index contributed by atoms with van der Waals surface area (Å²) < 4.78 is 0. The second-order valence-corrected chi connectivity index (χ2v) is 2.58. The number of rotatable bonds is 0. The lowest BCUT2D eigenvalue weighted by Crippen LogP contribution is -2.02. The van der Waals surface area contributed by atoms with E-state index in [9.17, 15) is 4.79 Å². The molecule has 2 aliphatic carbocycles. The van der Waals surface area contributed by atoms with E-state index in [1.54, 1.807) is 0 Å². The van der Waals surface area contributed by atoms with E-state index in [1.807, 2.05) is 0 Å². The van der Waals surface area contributed by atoms with Crippen LogP contribution < -0.4 is 0 Å². The number of allylic oxidation sites excluding steroid dienone is 2. The van der Waals surface area contributed by atoms with Gasteiger partial charge in [-0.2, -0.15) is 0 Å². The molecule has 42 valence electrons. The van der Waals surface area contributed by atoms with Gasteiger partial charge in [0.05, 0.1) is 0 Å². The molecule has 8 heavy (non-hydrogen) atoms. The zero-order valence-electron chi connectivity index (χ0n) is 4.63.